The van der Waals surface area contributed by atoms with E-state index in [-0.39, 0.29) is 18.6 Å². The van der Waals surface area contributed by atoms with Crippen LogP contribution in [0.2, 0.25) is 0 Å². The summed E-state index contributed by atoms with van der Waals surface area (Å²) in [5, 5.41) is 11.3. The van der Waals surface area contributed by atoms with Crippen molar-refractivity contribution in [1.82, 2.24) is 10.2 Å². The Labute approximate surface area is 76.7 Å². The standard InChI is InChI=1S/C8H14N2O3/c1-5(2)10-4-6(7(11)12)3-9-8(10)13/h5-6H,3-4H2,1-2H3,(H,9,13)(H,11,12). The van der Waals surface area contributed by atoms with Gasteiger partial charge in [-0.05, 0) is 13.8 Å². The smallest absolute Gasteiger partial charge is 0.317 e. The van der Waals surface area contributed by atoms with Gasteiger partial charge in [-0.3, -0.25) is 4.79 Å². The molecule has 1 rings (SSSR count). The number of aliphatic carboxylic acids is 1. The Morgan fingerprint density at radius 3 is 2.77 bits per heavy atom. The summed E-state index contributed by atoms with van der Waals surface area (Å²) in [6.07, 6.45) is 0. The van der Waals surface area contributed by atoms with Crippen LogP contribution in [-0.2, 0) is 4.79 Å². The third kappa shape index (κ3) is 2.11. The van der Waals surface area contributed by atoms with Crippen molar-refractivity contribution in [2.24, 2.45) is 5.92 Å². The monoisotopic (exact) mass is 186 g/mol. The van der Waals surface area contributed by atoms with E-state index in [1.54, 1.807) is 0 Å². The number of hydrogen-bond acceptors (Lipinski definition) is 2. The van der Waals surface area contributed by atoms with Crippen LogP contribution < -0.4 is 5.32 Å². The summed E-state index contributed by atoms with van der Waals surface area (Å²) >= 11 is 0. The Bertz CT molecular complexity index is 227. The Hall–Kier alpha value is -1.26. The molecule has 0 aromatic carbocycles. The van der Waals surface area contributed by atoms with Gasteiger partial charge in [0.1, 0.15) is 0 Å². The van der Waals surface area contributed by atoms with Gasteiger partial charge in [-0.15, -0.1) is 0 Å². The first-order chi connectivity index (χ1) is 6.02. The zero-order valence-corrected chi connectivity index (χ0v) is 7.78. The van der Waals surface area contributed by atoms with Gasteiger partial charge >= 0.3 is 12.0 Å². The zero-order chi connectivity index (χ0) is 10.0. The molecule has 0 aromatic rings. The summed E-state index contributed by atoms with van der Waals surface area (Å²) in [5.74, 6) is -1.34. The number of carbonyl (C=O) groups excluding carboxylic acids is 1. The Morgan fingerprint density at radius 2 is 2.31 bits per heavy atom. The highest BCUT2D eigenvalue weighted by Crippen LogP contribution is 2.10. The van der Waals surface area contributed by atoms with Gasteiger partial charge in [0, 0.05) is 19.1 Å². The normalized spacial score (nSPS) is 23.2. The Balaban J connectivity index is 2.63. The summed E-state index contributed by atoms with van der Waals surface area (Å²) in [5.41, 5.74) is 0. The SMILES string of the molecule is CC(C)N1CC(C(=O)O)CNC1=O. The minimum Gasteiger partial charge on any atom is -0.481 e. The molecule has 1 aliphatic heterocycles. The molecule has 2 N–H and O–H groups in total. The van der Waals surface area contributed by atoms with Crippen LogP contribution in [0.1, 0.15) is 13.8 Å². The molecule has 0 bridgehead atoms. The molecule has 0 saturated carbocycles. The highest BCUT2D eigenvalue weighted by atomic mass is 16.4. The molecule has 1 heterocycles. The largest absolute Gasteiger partial charge is 0.481 e. The minimum absolute atomic E-state index is 0.0437. The molecule has 0 aliphatic carbocycles. The molecule has 1 atom stereocenters. The Morgan fingerprint density at radius 1 is 1.69 bits per heavy atom. The number of rotatable bonds is 2. The lowest BCUT2D eigenvalue weighted by Gasteiger charge is -2.34. The second kappa shape index (κ2) is 3.64. The van der Waals surface area contributed by atoms with E-state index in [1.165, 1.54) is 4.90 Å². The number of hydrogen-bond donors (Lipinski definition) is 2. The fourth-order valence-electron chi connectivity index (χ4n) is 1.31. The molecule has 1 fully saturated rings. The zero-order valence-electron chi connectivity index (χ0n) is 7.78. The number of carboxylic acids is 1. The van der Waals surface area contributed by atoms with Crippen LogP contribution in [0.15, 0.2) is 0 Å². The molecular weight excluding hydrogens is 172 g/mol. The third-order valence-electron chi connectivity index (χ3n) is 2.15. The maximum Gasteiger partial charge on any atom is 0.317 e. The van der Waals surface area contributed by atoms with Gasteiger partial charge in [0.05, 0.1) is 5.92 Å². The lowest BCUT2D eigenvalue weighted by atomic mass is 10.1. The maximum atomic E-state index is 11.2. The van der Waals surface area contributed by atoms with Crippen molar-refractivity contribution in [3.8, 4) is 0 Å². The van der Waals surface area contributed by atoms with Crippen LogP contribution in [0.4, 0.5) is 4.79 Å². The van der Waals surface area contributed by atoms with E-state index in [1.807, 2.05) is 13.8 Å². The van der Waals surface area contributed by atoms with E-state index >= 15 is 0 Å². The molecule has 5 heteroatoms. The molecule has 13 heavy (non-hydrogen) atoms. The number of urea groups is 1. The van der Waals surface area contributed by atoms with Gasteiger partial charge in [0.25, 0.3) is 0 Å². The molecule has 1 unspecified atom stereocenters. The first-order valence-electron chi connectivity index (χ1n) is 4.29. The quantitative estimate of drug-likeness (QED) is 0.643. The maximum absolute atomic E-state index is 11.2. The predicted molar refractivity (Wildman–Crippen MR) is 46.4 cm³/mol. The number of carboxylic acid groups (broad SMARTS) is 1. The number of amides is 2. The van der Waals surface area contributed by atoms with Crippen LogP contribution in [0.3, 0.4) is 0 Å². The molecular formula is C8H14N2O3. The topological polar surface area (TPSA) is 69.6 Å². The Kier molecular flexibility index (Phi) is 2.75. The third-order valence-corrected chi connectivity index (χ3v) is 2.15. The van der Waals surface area contributed by atoms with Gasteiger partial charge in [-0.25, -0.2) is 4.79 Å². The molecule has 1 aliphatic rings. The lowest BCUT2D eigenvalue weighted by Crippen LogP contribution is -2.55. The van der Waals surface area contributed by atoms with E-state index < -0.39 is 11.9 Å². The highest BCUT2D eigenvalue weighted by molar-refractivity contribution is 5.79. The van der Waals surface area contributed by atoms with Gasteiger partial charge in [0.15, 0.2) is 0 Å². The molecule has 0 radical (unpaired) electrons. The second-order valence-corrected chi connectivity index (χ2v) is 3.47. The molecule has 2 amide bonds. The average molecular weight is 186 g/mol. The predicted octanol–water partition coefficient (Wildman–Crippen LogP) is 0.121. The van der Waals surface area contributed by atoms with E-state index in [2.05, 4.69) is 5.32 Å². The summed E-state index contributed by atoms with van der Waals surface area (Å²) in [7, 11) is 0. The summed E-state index contributed by atoms with van der Waals surface area (Å²) in [6.45, 7) is 4.27. The second-order valence-electron chi connectivity index (χ2n) is 3.47. The van der Waals surface area contributed by atoms with Crippen LogP contribution in [-0.4, -0.2) is 41.1 Å². The van der Waals surface area contributed by atoms with Crippen LogP contribution >= 0.6 is 0 Å². The first kappa shape index (κ1) is 9.83. The average Bonchev–Trinajstić information content (AvgIpc) is 2.04. The fourth-order valence-corrected chi connectivity index (χ4v) is 1.31. The summed E-state index contributed by atoms with van der Waals surface area (Å²) in [4.78, 5) is 23.4. The van der Waals surface area contributed by atoms with Crippen molar-refractivity contribution in [2.75, 3.05) is 13.1 Å². The van der Waals surface area contributed by atoms with Gasteiger partial charge in [0.2, 0.25) is 0 Å². The molecule has 5 nitrogen and oxygen atoms in total. The van der Waals surface area contributed by atoms with E-state index in [4.69, 9.17) is 5.11 Å². The van der Waals surface area contributed by atoms with E-state index in [0.717, 1.165) is 0 Å². The van der Waals surface area contributed by atoms with Crippen LogP contribution in [0, 0.1) is 5.92 Å². The van der Waals surface area contributed by atoms with Gasteiger partial charge in [-0.2, -0.15) is 0 Å². The van der Waals surface area contributed by atoms with Crippen molar-refractivity contribution >= 4 is 12.0 Å². The fraction of sp³-hybridized carbons (Fsp3) is 0.750. The summed E-state index contributed by atoms with van der Waals surface area (Å²) < 4.78 is 0. The van der Waals surface area contributed by atoms with Crippen molar-refractivity contribution < 1.29 is 14.7 Å². The molecule has 1 saturated heterocycles. The van der Waals surface area contributed by atoms with Crippen molar-refractivity contribution in [3.63, 3.8) is 0 Å². The van der Waals surface area contributed by atoms with E-state index in [0.29, 0.717) is 6.54 Å². The molecule has 0 spiro atoms. The molecule has 0 aromatic heterocycles. The van der Waals surface area contributed by atoms with Crippen molar-refractivity contribution in [1.29, 1.82) is 0 Å². The first-order valence-corrected chi connectivity index (χ1v) is 4.29. The minimum atomic E-state index is -0.856. The number of nitrogens with zero attached hydrogens (tertiary/aromatic N) is 1. The number of carbonyl (C=O) groups is 2. The van der Waals surface area contributed by atoms with Crippen LogP contribution in [0.5, 0.6) is 0 Å². The van der Waals surface area contributed by atoms with E-state index in [9.17, 15) is 9.59 Å². The van der Waals surface area contributed by atoms with Gasteiger partial charge in [-0.1, -0.05) is 0 Å². The molecule has 74 valence electrons. The van der Waals surface area contributed by atoms with Gasteiger partial charge < -0.3 is 15.3 Å². The lowest BCUT2D eigenvalue weighted by molar-refractivity contribution is -0.142. The highest BCUT2D eigenvalue weighted by Gasteiger charge is 2.30. The number of nitrogens with one attached hydrogen (secondary N) is 1. The summed E-state index contributed by atoms with van der Waals surface area (Å²) in [6, 6.07) is -0.130. The van der Waals surface area contributed by atoms with Crippen molar-refractivity contribution in [2.45, 2.75) is 19.9 Å². The van der Waals surface area contributed by atoms with Crippen molar-refractivity contribution in [3.05, 3.63) is 0 Å². The van der Waals surface area contributed by atoms with Crippen LogP contribution in [0.25, 0.3) is 0 Å².